The largest absolute Gasteiger partial charge is 0.482 e. The Labute approximate surface area is 112 Å². The summed E-state index contributed by atoms with van der Waals surface area (Å²) in [6.45, 7) is -0.0518. The van der Waals surface area contributed by atoms with Crippen LogP contribution in [0.25, 0.3) is 0 Å². The fourth-order valence-corrected chi connectivity index (χ4v) is 2.29. The van der Waals surface area contributed by atoms with E-state index in [1.165, 1.54) is 44.0 Å². The molecule has 1 amide bonds. The second kappa shape index (κ2) is 7.07. The summed E-state index contributed by atoms with van der Waals surface area (Å²) in [5.41, 5.74) is 0. The maximum atomic E-state index is 12.6. The molecule has 0 aromatic carbocycles. The molecule has 0 aliphatic heterocycles. The van der Waals surface area contributed by atoms with Crippen LogP contribution in [0.1, 0.15) is 38.5 Å². The van der Waals surface area contributed by atoms with Crippen molar-refractivity contribution in [1.29, 1.82) is 0 Å². The second-order valence-corrected chi connectivity index (χ2v) is 4.86. The predicted octanol–water partition coefficient (Wildman–Crippen LogP) is 2.44. The van der Waals surface area contributed by atoms with Gasteiger partial charge in [0.15, 0.2) is 6.61 Å². The monoisotopic (exact) mass is 266 g/mol. The van der Waals surface area contributed by atoms with Gasteiger partial charge < -0.3 is 10.1 Å². The highest BCUT2D eigenvalue weighted by molar-refractivity contribution is 5.77. The molecule has 0 saturated heterocycles. The molecule has 1 aromatic rings. The lowest BCUT2D eigenvalue weighted by atomic mass is 10.1. The minimum Gasteiger partial charge on any atom is -0.482 e. The molecule has 0 spiro atoms. The zero-order chi connectivity index (χ0) is 13.5. The van der Waals surface area contributed by atoms with E-state index in [4.69, 9.17) is 4.74 Å². The first-order valence-corrected chi connectivity index (χ1v) is 6.78. The van der Waals surface area contributed by atoms with Gasteiger partial charge in [-0.2, -0.15) is 4.39 Å². The van der Waals surface area contributed by atoms with Gasteiger partial charge >= 0.3 is 0 Å². The van der Waals surface area contributed by atoms with Gasteiger partial charge in [-0.05, 0) is 25.0 Å². The third-order valence-corrected chi connectivity index (χ3v) is 3.29. The molecule has 1 aliphatic carbocycles. The normalized spacial score (nSPS) is 16.7. The molecule has 0 atom stereocenters. The smallest absolute Gasteiger partial charge is 0.258 e. The van der Waals surface area contributed by atoms with E-state index in [1.54, 1.807) is 0 Å². The number of amides is 1. The summed E-state index contributed by atoms with van der Waals surface area (Å²) in [5, 5.41) is 2.98. The topological polar surface area (TPSA) is 51.2 Å². The van der Waals surface area contributed by atoms with E-state index in [0.717, 1.165) is 12.8 Å². The highest BCUT2D eigenvalue weighted by Crippen LogP contribution is 2.17. The van der Waals surface area contributed by atoms with Crippen LogP contribution in [0.3, 0.4) is 0 Å². The van der Waals surface area contributed by atoms with Crippen molar-refractivity contribution in [2.45, 2.75) is 44.6 Å². The van der Waals surface area contributed by atoms with Gasteiger partial charge in [-0.1, -0.05) is 25.7 Å². The van der Waals surface area contributed by atoms with Crippen LogP contribution in [0, 0.1) is 5.95 Å². The minimum absolute atomic E-state index is 0.0518. The van der Waals surface area contributed by atoms with Crippen molar-refractivity contribution in [2.24, 2.45) is 0 Å². The molecule has 4 nitrogen and oxygen atoms in total. The average Bonchev–Trinajstić information content (AvgIpc) is 2.67. The Balaban J connectivity index is 1.73. The van der Waals surface area contributed by atoms with Crippen LogP contribution in [-0.4, -0.2) is 23.5 Å². The van der Waals surface area contributed by atoms with Gasteiger partial charge in [-0.25, -0.2) is 4.98 Å². The van der Waals surface area contributed by atoms with Crippen LogP contribution in [0.5, 0.6) is 5.75 Å². The molecule has 1 aliphatic rings. The van der Waals surface area contributed by atoms with Crippen molar-refractivity contribution < 1.29 is 13.9 Å². The number of carbonyl (C=O) groups is 1. The predicted molar refractivity (Wildman–Crippen MR) is 69.3 cm³/mol. The first kappa shape index (κ1) is 13.8. The number of ether oxygens (including phenoxy) is 1. The number of nitrogens with one attached hydrogen (secondary N) is 1. The molecule has 5 heteroatoms. The number of nitrogens with zero attached hydrogens (tertiary/aromatic N) is 1. The van der Waals surface area contributed by atoms with E-state index in [-0.39, 0.29) is 18.6 Å². The summed E-state index contributed by atoms with van der Waals surface area (Å²) in [4.78, 5) is 15.2. The van der Waals surface area contributed by atoms with E-state index in [2.05, 4.69) is 10.3 Å². The number of pyridine rings is 1. The quantitative estimate of drug-likeness (QED) is 0.672. The third kappa shape index (κ3) is 4.85. The van der Waals surface area contributed by atoms with Gasteiger partial charge in [0.2, 0.25) is 5.95 Å². The molecule has 0 unspecified atom stereocenters. The molecule has 19 heavy (non-hydrogen) atoms. The van der Waals surface area contributed by atoms with E-state index in [0.29, 0.717) is 5.75 Å². The molecule has 1 heterocycles. The summed E-state index contributed by atoms with van der Waals surface area (Å²) in [5.74, 6) is -0.288. The molecule has 0 bridgehead atoms. The standard InChI is InChI=1S/C14H19FN2O2/c15-13-8-7-12(9-16-13)19-10-14(18)17-11-5-3-1-2-4-6-11/h7-9,11H,1-6,10H2,(H,17,18). The van der Waals surface area contributed by atoms with Crippen LogP contribution >= 0.6 is 0 Å². The highest BCUT2D eigenvalue weighted by Gasteiger charge is 2.14. The number of rotatable bonds is 4. The minimum atomic E-state index is -0.560. The first-order valence-electron chi connectivity index (χ1n) is 6.78. The van der Waals surface area contributed by atoms with Crippen molar-refractivity contribution >= 4 is 5.91 Å². The molecule has 1 aromatic heterocycles. The maximum Gasteiger partial charge on any atom is 0.258 e. The van der Waals surface area contributed by atoms with Crippen LogP contribution in [0.15, 0.2) is 18.3 Å². The lowest BCUT2D eigenvalue weighted by Crippen LogP contribution is -2.37. The molecule has 2 rings (SSSR count). The number of halogens is 1. The van der Waals surface area contributed by atoms with Crippen molar-refractivity contribution in [2.75, 3.05) is 6.61 Å². The average molecular weight is 266 g/mol. The van der Waals surface area contributed by atoms with E-state index >= 15 is 0 Å². The Bertz CT molecular complexity index is 400. The van der Waals surface area contributed by atoms with Crippen molar-refractivity contribution in [3.8, 4) is 5.75 Å². The Morgan fingerprint density at radius 3 is 2.68 bits per heavy atom. The zero-order valence-corrected chi connectivity index (χ0v) is 10.9. The van der Waals surface area contributed by atoms with Crippen molar-refractivity contribution in [1.82, 2.24) is 10.3 Å². The number of hydrogen-bond donors (Lipinski definition) is 1. The number of aromatic nitrogens is 1. The first-order chi connectivity index (χ1) is 9.24. The number of carbonyl (C=O) groups excluding carboxylic acids is 1. The summed E-state index contributed by atoms with van der Waals surface area (Å²) in [7, 11) is 0. The Hall–Kier alpha value is -1.65. The fourth-order valence-electron chi connectivity index (χ4n) is 2.29. The fraction of sp³-hybridized carbons (Fsp3) is 0.571. The molecular weight excluding hydrogens is 247 g/mol. The molecule has 1 N–H and O–H groups in total. The van der Waals surface area contributed by atoms with E-state index in [9.17, 15) is 9.18 Å². The van der Waals surface area contributed by atoms with Gasteiger partial charge in [-0.15, -0.1) is 0 Å². The van der Waals surface area contributed by atoms with Crippen molar-refractivity contribution in [3.63, 3.8) is 0 Å². The Morgan fingerprint density at radius 2 is 2.05 bits per heavy atom. The molecular formula is C14H19FN2O2. The van der Waals surface area contributed by atoms with Crippen LogP contribution in [0.4, 0.5) is 4.39 Å². The van der Waals surface area contributed by atoms with Gasteiger partial charge in [0, 0.05) is 6.04 Å². The van der Waals surface area contributed by atoms with E-state index in [1.807, 2.05) is 0 Å². The van der Waals surface area contributed by atoms with Crippen molar-refractivity contribution in [3.05, 3.63) is 24.3 Å². The van der Waals surface area contributed by atoms with E-state index < -0.39 is 5.95 Å². The summed E-state index contributed by atoms with van der Waals surface area (Å²) in [6, 6.07) is 2.93. The summed E-state index contributed by atoms with van der Waals surface area (Å²) in [6.07, 6.45) is 8.22. The maximum absolute atomic E-state index is 12.6. The lowest BCUT2D eigenvalue weighted by Gasteiger charge is -2.16. The van der Waals surface area contributed by atoms with Crippen LogP contribution < -0.4 is 10.1 Å². The Kier molecular flexibility index (Phi) is 5.12. The molecule has 1 saturated carbocycles. The van der Waals surface area contributed by atoms with Gasteiger partial charge in [0.25, 0.3) is 5.91 Å². The SMILES string of the molecule is O=C(COc1ccc(F)nc1)NC1CCCCCC1. The number of hydrogen-bond acceptors (Lipinski definition) is 3. The lowest BCUT2D eigenvalue weighted by molar-refractivity contribution is -0.123. The van der Waals surface area contributed by atoms with Gasteiger partial charge in [0.1, 0.15) is 5.75 Å². The third-order valence-electron chi connectivity index (χ3n) is 3.29. The highest BCUT2D eigenvalue weighted by atomic mass is 19.1. The van der Waals surface area contributed by atoms with Gasteiger partial charge in [0.05, 0.1) is 6.20 Å². The molecule has 104 valence electrons. The Morgan fingerprint density at radius 1 is 1.32 bits per heavy atom. The second-order valence-electron chi connectivity index (χ2n) is 4.86. The summed E-state index contributed by atoms with van der Waals surface area (Å²) >= 11 is 0. The van der Waals surface area contributed by atoms with Crippen LogP contribution in [-0.2, 0) is 4.79 Å². The van der Waals surface area contributed by atoms with Gasteiger partial charge in [-0.3, -0.25) is 4.79 Å². The molecule has 1 fully saturated rings. The molecule has 0 radical (unpaired) electrons. The summed E-state index contributed by atoms with van der Waals surface area (Å²) < 4.78 is 17.8. The van der Waals surface area contributed by atoms with Crippen LogP contribution in [0.2, 0.25) is 0 Å². The zero-order valence-electron chi connectivity index (χ0n) is 10.9.